The summed E-state index contributed by atoms with van der Waals surface area (Å²) in [7, 11) is 0. The molecule has 1 aliphatic rings. The lowest BCUT2D eigenvalue weighted by Crippen LogP contribution is -2.40. The Kier molecular flexibility index (Phi) is 6.44. The SMILES string of the molecule is CCCOC(=O)c1ccc(NCC(=O)N2CCC(C)CC2)cc1. The van der Waals surface area contributed by atoms with E-state index in [1.807, 2.05) is 11.8 Å². The van der Waals surface area contributed by atoms with E-state index in [-0.39, 0.29) is 18.4 Å². The van der Waals surface area contributed by atoms with Gasteiger partial charge in [-0.3, -0.25) is 4.79 Å². The van der Waals surface area contributed by atoms with E-state index in [2.05, 4.69) is 12.2 Å². The molecule has 0 saturated carbocycles. The second kappa shape index (κ2) is 8.56. The Labute approximate surface area is 138 Å². The Balaban J connectivity index is 1.79. The van der Waals surface area contributed by atoms with E-state index >= 15 is 0 Å². The minimum atomic E-state index is -0.308. The lowest BCUT2D eigenvalue weighted by molar-refractivity contribution is -0.130. The molecule has 126 valence electrons. The number of rotatable bonds is 6. The van der Waals surface area contributed by atoms with Crippen LogP contribution in [0.2, 0.25) is 0 Å². The van der Waals surface area contributed by atoms with Gasteiger partial charge in [0, 0.05) is 18.8 Å². The highest BCUT2D eigenvalue weighted by Crippen LogP contribution is 2.16. The highest BCUT2D eigenvalue weighted by molar-refractivity contribution is 5.90. The number of esters is 1. The van der Waals surface area contributed by atoms with Crippen molar-refractivity contribution in [2.45, 2.75) is 33.1 Å². The maximum absolute atomic E-state index is 12.2. The fourth-order valence-corrected chi connectivity index (χ4v) is 2.55. The lowest BCUT2D eigenvalue weighted by Gasteiger charge is -2.30. The van der Waals surface area contributed by atoms with Crippen LogP contribution in [0.5, 0.6) is 0 Å². The van der Waals surface area contributed by atoms with Crippen LogP contribution >= 0.6 is 0 Å². The number of likely N-dealkylation sites (tertiary alicyclic amines) is 1. The second-order valence-electron chi connectivity index (χ2n) is 6.13. The summed E-state index contributed by atoms with van der Waals surface area (Å²) in [5.41, 5.74) is 1.36. The quantitative estimate of drug-likeness (QED) is 0.819. The van der Waals surface area contributed by atoms with Gasteiger partial charge in [0.15, 0.2) is 0 Å². The van der Waals surface area contributed by atoms with Crippen molar-refractivity contribution < 1.29 is 14.3 Å². The summed E-state index contributed by atoms with van der Waals surface area (Å²) in [5, 5.41) is 3.12. The van der Waals surface area contributed by atoms with Crippen LogP contribution < -0.4 is 5.32 Å². The smallest absolute Gasteiger partial charge is 0.338 e. The molecular formula is C18H26N2O3. The van der Waals surface area contributed by atoms with E-state index in [9.17, 15) is 9.59 Å². The molecule has 5 nitrogen and oxygen atoms in total. The first kappa shape index (κ1) is 17.3. The maximum atomic E-state index is 12.2. The van der Waals surface area contributed by atoms with Crippen molar-refractivity contribution in [1.29, 1.82) is 0 Å². The van der Waals surface area contributed by atoms with Gasteiger partial charge in [-0.25, -0.2) is 4.79 Å². The van der Waals surface area contributed by atoms with Gasteiger partial charge in [0.25, 0.3) is 0 Å². The fraction of sp³-hybridized carbons (Fsp3) is 0.556. The van der Waals surface area contributed by atoms with E-state index in [1.165, 1.54) is 0 Å². The number of piperidine rings is 1. The number of hydrogen-bond donors (Lipinski definition) is 1. The molecule has 0 aromatic heterocycles. The predicted molar refractivity (Wildman–Crippen MR) is 90.5 cm³/mol. The summed E-state index contributed by atoms with van der Waals surface area (Å²) >= 11 is 0. The predicted octanol–water partition coefficient (Wildman–Crippen LogP) is 2.92. The highest BCUT2D eigenvalue weighted by Gasteiger charge is 2.19. The van der Waals surface area contributed by atoms with E-state index in [0.717, 1.165) is 38.0 Å². The van der Waals surface area contributed by atoms with Gasteiger partial charge < -0.3 is 15.0 Å². The van der Waals surface area contributed by atoms with Crippen LogP contribution in [0.25, 0.3) is 0 Å². The van der Waals surface area contributed by atoms with E-state index in [1.54, 1.807) is 24.3 Å². The molecule has 1 N–H and O–H groups in total. The molecule has 1 aromatic rings. The Morgan fingerprint density at radius 3 is 2.48 bits per heavy atom. The molecule has 1 saturated heterocycles. The molecule has 0 unspecified atom stereocenters. The zero-order valence-corrected chi connectivity index (χ0v) is 14.0. The average molecular weight is 318 g/mol. The number of ether oxygens (including phenoxy) is 1. The van der Waals surface area contributed by atoms with Gasteiger partial charge in [0.1, 0.15) is 0 Å². The van der Waals surface area contributed by atoms with Crippen LogP contribution in [0.15, 0.2) is 24.3 Å². The molecule has 1 aromatic carbocycles. The Morgan fingerprint density at radius 2 is 1.87 bits per heavy atom. The molecule has 0 radical (unpaired) electrons. The van der Waals surface area contributed by atoms with Crippen LogP contribution in [-0.4, -0.2) is 43.0 Å². The van der Waals surface area contributed by atoms with Gasteiger partial charge in [-0.15, -0.1) is 0 Å². The molecule has 0 bridgehead atoms. The standard InChI is InChI=1S/C18H26N2O3/c1-3-12-23-18(22)15-4-6-16(7-5-15)19-13-17(21)20-10-8-14(2)9-11-20/h4-7,14,19H,3,8-13H2,1-2H3. The van der Waals surface area contributed by atoms with Crippen molar-refractivity contribution in [2.75, 3.05) is 31.6 Å². The van der Waals surface area contributed by atoms with E-state index < -0.39 is 0 Å². The first-order valence-corrected chi connectivity index (χ1v) is 8.39. The first-order valence-electron chi connectivity index (χ1n) is 8.39. The average Bonchev–Trinajstić information content (AvgIpc) is 2.58. The van der Waals surface area contributed by atoms with E-state index in [0.29, 0.717) is 18.1 Å². The van der Waals surface area contributed by atoms with Crippen molar-refractivity contribution in [3.05, 3.63) is 29.8 Å². The molecule has 5 heteroatoms. The molecule has 1 heterocycles. The van der Waals surface area contributed by atoms with Crippen LogP contribution in [-0.2, 0) is 9.53 Å². The lowest BCUT2D eigenvalue weighted by atomic mass is 9.99. The van der Waals surface area contributed by atoms with Crippen molar-refractivity contribution >= 4 is 17.6 Å². The molecule has 0 atom stereocenters. The normalized spacial score (nSPS) is 15.3. The van der Waals surface area contributed by atoms with Crippen molar-refractivity contribution in [3.8, 4) is 0 Å². The summed E-state index contributed by atoms with van der Waals surface area (Å²) in [6, 6.07) is 7.03. The Morgan fingerprint density at radius 1 is 1.22 bits per heavy atom. The summed E-state index contributed by atoms with van der Waals surface area (Å²) in [4.78, 5) is 25.8. The van der Waals surface area contributed by atoms with Crippen LogP contribution in [0.3, 0.4) is 0 Å². The van der Waals surface area contributed by atoms with Gasteiger partial charge in [0.05, 0.1) is 18.7 Å². The number of anilines is 1. The molecule has 1 fully saturated rings. The highest BCUT2D eigenvalue weighted by atomic mass is 16.5. The van der Waals surface area contributed by atoms with Gasteiger partial charge in [0.2, 0.25) is 5.91 Å². The van der Waals surface area contributed by atoms with Gasteiger partial charge >= 0.3 is 5.97 Å². The summed E-state index contributed by atoms with van der Waals surface area (Å²) in [6.45, 7) is 6.61. The third kappa shape index (κ3) is 5.27. The third-order valence-corrected chi connectivity index (χ3v) is 4.14. The molecule has 23 heavy (non-hydrogen) atoms. The monoisotopic (exact) mass is 318 g/mol. The van der Waals surface area contributed by atoms with Gasteiger partial charge in [-0.1, -0.05) is 13.8 Å². The number of hydrogen-bond acceptors (Lipinski definition) is 4. The number of nitrogens with zero attached hydrogens (tertiary/aromatic N) is 1. The molecule has 1 amide bonds. The molecule has 1 aliphatic heterocycles. The van der Waals surface area contributed by atoms with Crippen molar-refractivity contribution in [2.24, 2.45) is 5.92 Å². The fourth-order valence-electron chi connectivity index (χ4n) is 2.55. The first-order chi connectivity index (χ1) is 11.1. The number of carbonyl (C=O) groups is 2. The summed E-state index contributed by atoms with van der Waals surface area (Å²) in [6.07, 6.45) is 2.98. The molecule has 2 rings (SSSR count). The zero-order valence-electron chi connectivity index (χ0n) is 14.0. The van der Waals surface area contributed by atoms with Crippen molar-refractivity contribution in [3.63, 3.8) is 0 Å². The topological polar surface area (TPSA) is 58.6 Å². The van der Waals surface area contributed by atoms with E-state index in [4.69, 9.17) is 4.74 Å². The second-order valence-corrected chi connectivity index (χ2v) is 6.13. The van der Waals surface area contributed by atoms with Crippen LogP contribution in [0, 0.1) is 5.92 Å². The molecule has 0 aliphatic carbocycles. The number of nitrogens with one attached hydrogen (secondary N) is 1. The van der Waals surface area contributed by atoms with Gasteiger partial charge in [-0.2, -0.15) is 0 Å². The number of amides is 1. The molecular weight excluding hydrogens is 292 g/mol. The summed E-state index contributed by atoms with van der Waals surface area (Å²) < 4.78 is 5.08. The minimum Gasteiger partial charge on any atom is -0.462 e. The largest absolute Gasteiger partial charge is 0.462 e. The molecule has 0 spiro atoms. The van der Waals surface area contributed by atoms with Crippen molar-refractivity contribution in [1.82, 2.24) is 4.90 Å². The third-order valence-electron chi connectivity index (χ3n) is 4.14. The van der Waals surface area contributed by atoms with Crippen LogP contribution in [0.1, 0.15) is 43.5 Å². The zero-order chi connectivity index (χ0) is 16.7. The number of carbonyl (C=O) groups excluding carboxylic acids is 2. The summed E-state index contributed by atoms with van der Waals surface area (Å²) in [5.74, 6) is 0.535. The minimum absolute atomic E-state index is 0.128. The van der Waals surface area contributed by atoms with Gasteiger partial charge in [-0.05, 0) is 49.4 Å². The van der Waals surface area contributed by atoms with Crippen LogP contribution in [0.4, 0.5) is 5.69 Å². The number of benzene rings is 1. The Bertz CT molecular complexity index is 520. The Hall–Kier alpha value is -2.04. The maximum Gasteiger partial charge on any atom is 0.338 e.